The molecule has 0 radical (unpaired) electrons. The summed E-state index contributed by atoms with van der Waals surface area (Å²) in [4.78, 5) is 16.3. The van der Waals surface area contributed by atoms with Gasteiger partial charge in [-0.25, -0.2) is 4.79 Å². The summed E-state index contributed by atoms with van der Waals surface area (Å²) in [6.45, 7) is 4.11. The molecule has 0 spiro atoms. The normalized spacial score (nSPS) is 33.2. The Balaban J connectivity index is 1.59. The molecule has 0 aromatic carbocycles. The number of rotatable bonds is 2. The van der Waals surface area contributed by atoms with Crippen molar-refractivity contribution in [3.05, 3.63) is 0 Å². The zero-order chi connectivity index (χ0) is 10.3. The Morgan fingerprint density at radius 2 is 2.00 bits per heavy atom. The van der Waals surface area contributed by atoms with Gasteiger partial charge in [-0.3, -0.25) is 4.90 Å². The summed E-state index contributed by atoms with van der Waals surface area (Å²) in [6.07, 6.45) is 5.02. The van der Waals surface area contributed by atoms with Crippen LogP contribution in [0.4, 0.5) is 4.79 Å². The predicted octanol–water partition coefficient (Wildman–Crippen LogP) is 0.638. The highest BCUT2D eigenvalue weighted by atomic mass is 16.2. The molecule has 15 heavy (non-hydrogen) atoms. The van der Waals surface area contributed by atoms with Crippen LogP contribution >= 0.6 is 0 Å². The van der Waals surface area contributed by atoms with Crippen molar-refractivity contribution in [2.75, 3.05) is 26.2 Å². The molecule has 1 unspecified atom stereocenters. The molecule has 84 valence electrons. The van der Waals surface area contributed by atoms with Crippen LogP contribution in [0.25, 0.3) is 0 Å². The van der Waals surface area contributed by atoms with Gasteiger partial charge in [0.1, 0.15) is 0 Å². The molecule has 3 aliphatic rings. The van der Waals surface area contributed by atoms with Gasteiger partial charge in [0.05, 0.1) is 0 Å². The molecule has 0 bridgehead atoms. The average molecular weight is 209 g/mol. The van der Waals surface area contributed by atoms with Gasteiger partial charge in [0, 0.05) is 38.3 Å². The minimum absolute atomic E-state index is 0.156. The van der Waals surface area contributed by atoms with Crippen molar-refractivity contribution in [2.45, 2.75) is 37.8 Å². The molecule has 4 nitrogen and oxygen atoms in total. The Bertz CT molecular complexity index is 265. The second-order valence-electron chi connectivity index (χ2n) is 4.95. The van der Waals surface area contributed by atoms with Crippen LogP contribution in [0.2, 0.25) is 0 Å². The second kappa shape index (κ2) is 3.67. The van der Waals surface area contributed by atoms with Crippen LogP contribution in [0.3, 0.4) is 0 Å². The first kappa shape index (κ1) is 9.46. The van der Waals surface area contributed by atoms with E-state index in [1.165, 1.54) is 25.8 Å². The summed E-state index contributed by atoms with van der Waals surface area (Å²) in [5.41, 5.74) is 0. The van der Waals surface area contributed by atoms with Gasteiger partial charge in [-0.05, 0) is 25.7 Å². The number of nitrogens with zero attached hydrogens (tertiary/aromatic N) is 2. The van der Waals surface area contributed by atoms with E-state index in [1.54, 1.807) is 0 Å². The summed E-state index contributed by atoms with van der Waals surface area (Å²) >= 11 is 0. The highest BCUT2D eigenvalue weighted by Crippen LogP contribution is 2.31. The molecular weight excluding hydrogens is 190 g/mol. The molecule has 2 heterocycles. The van der Waals surface area contributed by atoms with Crippen molar-refractivity contribution in [3.8, 4) is 0 Å². The summed E-state index contributed by atoms with van der Waals surface area (Å²) in [5, 5.41) is 2.94. The zero-order valence-corrected chi connectivity index (χ0v) is 9.11. The molecule has 2 aliphatic heterocycles. The van der Waals surface area contributed by atoms with Crippen molar-refractivity contribution in [1.29, 1.82) is 0 Å². The maximum absolute atomic E-state index is 11.7. The largest absolute Gasteiger partial charge is 0.338 e. The zero-order valence-electron chi connectivity index (χ0n) is 9.11. The highest BCUT2D eigenvalue weighted by Gasteiger charge is 2.38. The fourth-order valence-corrected chi connectivity index (χ4v) is 2.79. The second-order valence-corrected chi connectivity index (χ2v) is 4.95. The molecule has 1 N–H and O–H groups in total. The standard InChI is InChI=1S/C11H19N3O/c15-11-12-5-1-6-14(11)10-4-7-13(8-10)9-2-3-9/h9-10H,1-8H2,(H,12,15). The van der Waals surface area contributed by atoms with Crippen LogP contribution in [0.1, 0.15) is 25.7 Å². The smallest absolute Gasteiger partial charge is 0.317 e. The van der Waals surface area contributed by atoms with Gasteiger partial charge in [0.15, 0.2) is 0 Å². The van der Waals surface area contributed by atoms with Crippen LogP contribution in [0, 0.1) is 0 Å². The van der Waals surface area contributed by atoms with Gasteiger partial charge in [0.2, 0.25) is 0 Å². The highest BCUT2D eigenvalue weighted by molar-refractivity contribution is 5.75. The van der Waals surface area contributed by atoms with E-state index in [1.807, 2.05) is 4.90 Å². The molecule has 3 rings (SSSR count). The van der Waals surface area contributed by atoms with Crippen molar-refractivity contribution in [1.82, 2.24) is 15.1 Å². The number of hydrogen-bond donors (Lipinski definition) is 1. The SMILES string of the molecule is O=C1NCCCN1C1CCN(C2CC2)C1. The molecule has 3 fully saturated rings. The van der Waals surface area contributed by atoms with E-state index in [0.717, 1.165) is 32.1 Å². The fraction of sp³-hybridized carbons (Fsp3) is 0.909. The van der Waals surface area contributed by atoms with E-state index in [-0.39, 0.29) is 6.03 Å². The first-order valence-corrected chi connectivity index (χ1v) is 6.13. The Labute approximate surface area is 90.6 Å². The predicted molar refractivity (Wildman–Crippen MR) is 57.7 cm³/mol. The molecule has 2 saturated heterocycles. The van der Waals surface area contributed by atoms with Crippen LogP contribution < -0.4 is 5.32 Å². The lowest BCUT2D eigenvalue weighted by Crippen LogP contribution is -2.52. The lowest BCUT2D eigenvalue weighted by molar-refractivity contribution is 0.160. The monoisotopic (exact) mass is 209 g/mol. The quantitative estimate of drug-likeness (QED) is 0.724. The summed E-state index contributed by atoms with van der Waals surface area (Å²) < 4.78 is 0. The number of amides is 2. The maximum Gasteiger partial charge on any atom is 0.317 e. The topological polar surface area (TPSA) is 35.6 Å². The summed E-state index contributed by atoms with van der Waals surface area (Å²) in [7, 11) is 0. The minimum atomic E-state index is 0.156. The number of carbonyl (C=O) groups excluding carboxylic acids is 1. The third kappa shape index (κ3) is 1.83. The van der Waals surface area contributed by atoms with Crippen molar-refractivity contribution in [3.63, 3.8) is 0 Å². The van der Waals surface area contributed by atoms with Gasteiger partial charge in [-0.15, -0.1) is 0 Å². The Morgan fingerprint density at radius 3 is 2.73 bits per heavy atom. The Kier molecular flexibility index (Phi) is 2.31. The Morgan fingerprint density at radius 1 is 1.13 bits per heavy atom. The van der Waals surface area contributed by atoms with E-state index in [9.17, 15) is 4.79 Å². The van der Waals surface area contributed by atoms with Crippen LogP contribution in [0.15, 0.2) is 0 Å². The fourth-order valence-electron chi connectivity index (χ4n) is 2.79. The van der Waals surface area contributed by atoms with Gasteiger partial charge in [-0.1, -0.05) is 0 Å². The minimum Gasteiger partial charge on any atom is -0.338 e. The lowest BCUT2D eigenvalue weighted by Gasteiger charge is -2.32. The third-order valence-electron chi connectivity index (χ3n) is 3.81. The van der Waals surface area contributed by atoms with E-state index in [0.29, 0.717) is 6.04 Å². The lowest BCUT2D eigenvalue weighted by atomic mass is 10.2. The Hall–Kier alpha value is -0.770. The third-order valence-corrected chi connectivity index (χ3v) is 3.81. The van der Waals surface area contributed by atoms with Crippen molar-refractivity contribution in [2.24, 2.45) is 0 Å². The van der Waals surface area contributed by atoms with Gasteiger partial charge in [-0.2, -0.15) is 0 Å². The summed E-state index contributed by atoms with van der Waals surface area (Å²) in [5.74, 6) is 0. The number of likely N-dealkylation sites (tertiary alicyclic amines) is 1. The van der Waals surface area contributed by atoms with E-state index in [2.05, 4.69) is 10.2 Å². The van der Waals surface area contributed by atoms with Crippen LogP contribution in [0.5, 0.6) is 0 Å². The summed E-state index contributed by atoms with van der Waals surface area (Å²) in [6, 6.07) is 1.48. The molecular formula is C11H19N3O. The van der Waals surface area contributed by atoms with Crippen LogP contribution in [-0.2, 0) is 0 Å². The van der Waals surface area contributed by atoms with Crippen LogP contribution in [-0.4, -0.2) is 54.1 Å². The number of carbonyl (C=O) groups is 1. The first-order chi connectivity index (χ1) is 7.34. The van der Waals surface area contributed by atoms with Crippen molar-refractivity contribution >= 4 is 6.03 Å². The number of urea groups is 1. The average Bonchev–Trinajstić information content (AvgIpc) is 2.99. The molecule has 0 aromatic rings. The van der Waals surface area contributed by atoms with E-state index >= 15 is 0 Å². The molecule has 0 aromatic heterocycles. The van der Waals surface area contributed by atoms with Gasteiger partial charge in [0.25, 0.3) is 0 Å². The maximum atomic E-state index is 11.7. The number of hydrogen-bond acceptors (Lipinski definition) is 2. The van der Waals surface area contributed by atoms with Crippen molar-refractivity contribution < 1.29 is 4.79 Å². The number of nitrogens with one attached hydrogen (secondary N) is 1. The van der Waals surface area contributed by atoms with Gasteiger partial charge >= 0.3 is 6.03 Å². The molecule has 4 heteroatoms. The molecule has 2 amide bonds. The van der Waals surface area contributed by atoms with Gasteiger partial charge < -0.3 is 10.2 Å². The van der Waals surface area contributed by atoms with E-state index in [4.69, 9.17) is 0 Å². The molecule has 1 aliphatic carbocycles. The molecule has 1 saturated carbocycles. The molecule has 1 atom stereocenters. The van der Waals surface area contributed by atoms with E-state index < -0.39 is 0 Å². The first-order valence-electron chi connectivity index (χ1n) is 6.13.